The SMILES string of the molecule is CC(O)c1c(F)cc(O)cc1F. The molecular weight excluding hydrogens is 166 g/mol. The van der Waals surface area contributed by atoms with Gasteiger partial charge in [-0.1, -0.05) is 0 Å². The number of aromatic hydroxyl groups is 1. The van der Waals surface area contributed by atoms with Gasteiger partial charge in [-0.25, -0.2) is 8.78 Å². The van der Waals surface area contributed by atoms with E-state index in [0.29, 0.717) is 0 Å². The Hall–Kier alpha value is -1.16. The van der Waals surface area contributed by atoms with Gasteiger partial charge < -0.3 is 10.2 Å². The number of phenolic OH excluding ortho intramolecular Hbond substituents is 1. The monoisotopic (exact) mass is 174 g/mol. The highest BCUT2D eigenvalue weighted by Crippen LogP contribution is 2.24. The zero-order chi connectivity index (χ0) is 9.30. The van der Waals surface area contributed by atoms with Crippen molar-refractivity contribution in [2.45, 2.75) is 13.0 Å². The molecule has 0 radical (unpaired) electrons. The molecule has 0 saturated heterocycles. The largest absolute Gasteiger partial charge is 0.508 e. The van der Waals surface area contributed by atoms with Crippen molar-refractivity contribution in [2.75, 3.05) is 0 Å². The molecule has 0 aliphatic heterocycles. The van der Waals surface area contributed by atoms with Gasteiger partial charge in [0.1, 0.15) is 17.4 Å². The predicted molar refractivity (Wildman–Crippen MR) is 38.7 cm³/mol. The summed E-state index contributed by atoms with van der Waals surface area (Å²) in [7, 11) is 0. The van der Waals surface area contributed by atoms with Crippen molar-refractivity contribution >= 4 is 0 Å². The minimum atomic E-state index is -1.22. The molecule has 1 aromatic rings. The maximum atomic E-state index is 12.8. The van der Waals surface area contributed by atoms with E-state index in [1.54, 1.807) is 0 Å². The van der Waals surface area contributed by atoms with E-state index in [1.807, 2.05) is 0 Å². The van der Waals surface area contributed by atoms with Gasteiger partial charge in [0.05, 0.1) is 11.7 Å². The van der Waals surface area contributed by atoms with Gasteiger partial charge in [-0.2, -0.15) is 0 Å². The van der Waals surface area contributed by atoms with Crippen LogP contribution in [0, 0.1) is 11.6 Å². The molecule has 0 heterocycles. The maximum absolute atomic E-state index is 12.8. The molecule has 2 N–H and O–H groups in total. The van der Waals surface area contributed by atoms with Crippen LogP contribution >= 0.6 is 0 Å². The lowest BCUT2D eigenvalue weighted by Gasteiger charge is -2.07. The van der Waals surface area contributed by atoms with Crippen LogP contribution in [0.25, 0.3) is 0 Å². The smallest absolute Gasteiger partial charge is 0.135 e. The third kappa shape index (κ3) is 1.53. The molecule has 0 saturated carbocycles. The molecule has 0 aromatic heterocycles. The van der Waals surface area contributed by atoms with Crippen LogP contribution in [0.4, 0.5) is 8.78 Å². The minimum Gasteiger partial charge on any atom is -0.508 e. The van der Waals surface area contributed by atoms with Gasteiger partial charge in [-0.05, 0) is 6.92 Å². The topological polar surface area (TPSA) is 40.5 Å². The van der Waals surface area contributed by atoms with Crippen LogP contribution in [0.2, 0.25) is 0 Å². The van der Waals surface area contributed by atoms with Crippen LogP contribution in [0.1, 0.15) is 18.6 Å². The first-order chi connectivity index (χ1) is 5.52. The van der Waals surface area contributed by atoms with E-state index in [1.165, 1.54) is 6.92 Å². The van der Waals surface area contributed by atoms with E-state index in [-0.39, 0.29) is 0 Å². The Kier molecular flexibility index (Phi) is 2.28. The summed E-state index contributed by atoms with van der Waals surface area (Å²) in [6, 6.07) is 1.51. The molecule has 1 rings (SSSR count). The van der Waals surface area contributed by atoms with Crippen LogP contribution in [0.3, 0.4) is 0 Å². The van der Waals surface area contributed by atoms with Crippen molar-refractivity contribution in [1.82, 2.24) is 0 Å². The number of aliphatic hydroxyl groups excluding tert-OH is 1. The third-order valence-corrected chi connectivity index (χ3v) is 1.48. The molecule has 0 amide bonds. The first-order valence-electron chi connectivity index (χ1n) is 3.38. The van der Waals surface area contributed by atoms with E-state index in [0.717, 1.165) is 12.1 Å². The van der Waals surface area contributed by atoms with Crippen LogP contribution in [-0.4, -0.2) is 10.2 Å². The fourth-order valence-corrected chi connectivity index (χ4v) is 0.970. The van der Waals surface area contributed by atoms with E-state index >= 15 is 0 Å². The predicted octanol–water partition coefficient (Wildman–Crippen LogP) is 1.72. The number of phenols is 1. The van der Waals surface area contributed by atoms with Crippen LogP contribution < -0.4 is 0 Å². The molecule has 0 fully saturated rings. The van der Waals surface area contributed by atoms with Crippen molar-refractivity contribution < 1.29 is 19.0 Å². The number of rotatable bonds is 1. The third-order valence-electron chi connectivity index (χ3n) is 1.48. The lowest BCUT2D eigenvalue weighted by Crippen LogP contribution is -1.99. The molecule has 1 atom stereocenters. The van der Waals surface area contributed by atoms with E-state index in [4.69, 9.17) is 10.2 Å². The van der Waals surface area contributed by atoms with Gasteiger partial charge in [-0.15, -0.1) is 0 Å². The fraction of sp³-hybridized carbons (Fsp3) is 0.250. The second kappa shape index (κ2) is 3.06. The van der Waals surface area contributed by atoms with Crippen molar-refractivity contribution in [3.63, 3.8) is 0 Å². The van der Waals surface area contributed by atoms with Gasteiger partial charge in [0.15, 0.2) is 0 Å². The Morgan fingerprint density at radius 3 is 2.00 bits per heavy atom. The zero-order valence-electron chi connectivity index (χ0n) is 6.38. The van der Waals surface area contributed by atoms with Crippen LogP contribution in [0.5, 0.6) is 5.75 Å². The molecule has 0 spiro atoms. The summed E-state index contributed by atoms with van der Waals surface area (Å²) >= 11 is 0. The second-order valence-corrected chi connectivity index (χ2v) is 2.50. The Morgan fingerprint density at radius 1 is 1.25 bits per heavy atom. The average Bonchev–Trinajstić information content (AvgIpc) is 1.82. The summed E-state index contributed by atoms with van der Waals surface area (Å²) in [5.41, 5.74) is -0.423. The Bertz CT molecular complexity index is 274. The van der Waals surface area contributed by atoms with Gasteiger partial charge in [-0.3, -0.25) is 0 Å². The Labute approximate surface area is 68.1 Å². The molecule has 1 unspecified atom stereocenters. The molecule has 2 nitrogen and oxygen atoms in total. The summed E-state index contributed by atoms with van der Waals surface area (Å²) < 4.78 is 25.6. The summed E-state index contributed by atoms with van der Waals surface area (Å²) in [6.45, 7) is 1.25. The highest BCUT2D eigenvalue weighted by Gasteiger charge is 2.14. The summed E-state index contributed by atoms with van der Waals surface area (Å²) in [6.07, 6.45) is -1.22. The summed E-state index contributed by atoms with van der Waals surface area (Å²) in [4.78, 5) is 0. The molecule has 0 bridgehead atoms. The quantitative estimate of drug-likeness (QED) is 0.680. The lowest BCUT2D eigenvalue weighted by atomic mass is 10.1. The molecule has 1 aromatic carbocycles. The number of hydrogen-bond donors (Lipinski definition) is 2. The van der Waals surface area contributed by atoms with Gasteiger partial charge in [0, 0.05) is 12.1 Å². The van der Waals surface area contributed by atoms with Crippen molar-refractivity contribution in [3.8, 4) is 5.75 Å². The Morgan fingerprint density at radius 2 is 1.67 bits per heavy atom. The normalized spacial score (nSPS) is 13.0. The maximum Gasteiger partial charge on any atom is 0.135 e. The first kappa shape index (κ1) is 8.93. The zero-order valence-corrected chi connectivity index (χ0v) is 6.38. The van der Waals surface area contributed by atoms with E-state index < -0.39 is 29.1 Å². The Balaban J connectivity index is 3.28. The molecule has 12 heavy (non-hydrogen) atoms. The molecule has 0 aliphatic rings. The number of halogens is 2. The van der Waals surface area contributed by atoms with Crippen LogP contribution in [0.15, 0.2) is 12.1 Å². The summed E-state index contributed by atoms with van der Waals surface area (Å²) in [5, 5.41) is 17.7. The second-order valence-electron chi connectivity index (χ2n) is 2.50. The van der Waals surface area contributed by atoms with Gasteiger partial charge >= 0.3 is 0 Å². The van der Waals surface area contributed by atoms with Crippen molar-refractivity contribution in [3.05, 3.63) is 29.3 Å². The van der Waals surface area contributed by atoms with Gasteiger partial charge in [0.2, 0.25) is 0 Å². The molecular formula is C8H8F2O2. The highest BCUT2D eigenvalue weighted by molar-refractivity contribution is 5.30. The van der Waals surface area contributed by atoms with Gasteiger partial charge in [0.25, 0.3) is 0 Å². The number of aliphatic hydroxyl groups is 1. The first-order valence-corrected chi connectivity index (χ1v) is 3.38. The molecule has 4 heteroatoms. The van der Waals surface area contributed by atoms with Crippen LogP contribution in [-0.2, 0) is 0 Å². The van der Waals surface area contributed by atoms with Crippen molar-refractivity contribution in [1.29, 1.82) is 0 Å². The molecule has 66 valence electrons. The summed E-state index contributed by atoms with van der Waals surface area (Å²) in [5.74, 6) is -2.38. The average molecular weight is 174 g/mol. The number of benzene rings is 1. The number of hydrogen-bond acceptors (Lipinski definition) is 2. The fourth-order valence-electron chi connectivity index (χ4n) is 0.970. The van der Waals surface area contributed by atoms with E-state index in [2.05, 4.69) is 0 Å². The van der Waals surface area contributed by atoms with Crippen molar-refractivity contribution in [2.24, 2.45) is 0 Å². The minimum absolute atomic E-state index is 0.423. The highest BCUT2D eigenvalue weighted by atomic mass is 19.1. The lowest BCUT2D eigenvalue weighted by molar-refractivity contribution is 0.188. The standard InChI is InChI=1S/C8H8F2O2/c1-4(11)8-6(9)2-5(12)3-7(8)10/h2-4,11-12H,1H3. The van der Waals surface area contributed by atoms with E-state index in [9.17, 15) is 8.78 Å². The molecule has 0 aliphatic carbocycles.